The van der Waals surface area contributed by atoms with Gasteiger partial charge in [0.05, 0.1) is 20.4 Å². The molecule has 0 saturated heterocycles. The van der Waals surface area contributed by atoms with Gasteiger partial charge in [-0.05, 0) is 38.1 Å². The highest BCUT2D eigenvalue weighted by atomic mass is 16.5. The number of aryl methyl sites for hydroxylation is 3. The number of carbonyl (C=O) groups excluding carboxylic acids is 1. The molecule has 0 atom stereocenters. The van der Waals surface area contributed by atoms with Crippen LogP contribution in [0.25, 0.3) is 5.82 Å². The normalized spacial score (nSPS) is 10.8. The van der Waals surface area contributed by atoms with Gasteiger partial charge in [0.15, 0.2) is 0 Å². The molecular weight excluding hydrogens is 356 g/mol. The van der Waals surface area contributed by atoms with Gasteiger partial charge in [-0.25, -0.2) is 0 Å². The SMILES string of the molecule is COc1ccc(CN(C)C(=O)c2cnn(C)c2-n2c(C)ccc2C)c(OC)c1. The zero-order valence-electron chi connectivity index (χ0n) is 17.2. The minimum absolute atomic E-state index is 0.103. The summed E-state index contributed by atoms with van der Waals surface area (Å²) in [5.74, 6) is 2.05. The van der Waals surface area contributed by atoms with E-state index in [9.17, 15) is 4.79 Å². The fourth-order valence-corrected chi connectivity index (χ4v) is 3.37. The molecule has 7 nitrogen and oxygen atoms in total. The zero-order chi connectivity index (χ0) is 20.4. The molecule has 0 radical (unpaired) electrons. The number of methoxy groups -OCH3 is 2. The smallest absolute Gasteiger partial charge is 0.259 e. The summed E-state index contributed by atoms with van der Waals surface area (Å²) in [6.07, 6.45) is 1.62. The molecule has 3 rings (SSSR count). The van der Waals surface area contributed by atoms with Crippen molar-refractivity contribution in [2.24, 2.45) is 7.05 Å². The fraction of sp³-hybridized carbons (Fsp3) is 0.333. The molecule has 0 spiro atoms. The van der Waals surface area contributed by atoms with Gasteiger partial charge in [0.1, 0.15) is 22.9 Å². The average Bonchev–Trinajstić information content (AvgIpc) is 3.22. The van der Waals surface area contributed by atoms with Crippen molar-refractivity contribution < 1.29 is 14.3 Å². The van der Waals surface area contributed by atoms with Crippen LogP contribution in [0.1, 0.15) is 27.3 Å². The molecule has 0 aliphatic carbocycles. The number of carbonyl (C=O) groups is 1. The van der Waals surface area contributed by atoms with Crippen LogP contribution in [0, 0.1) is 13.8 Å². The van der Waals surface area contributed by atoms with E-state index in [0.29, 0.717) is 23.6 Å². The Labute approximate surface area is 165 Å². The highest BCUT2D eigenvalue weighted by Crippen LogP contribution is 2.27. The largest absolute Gasteiger partial charge is 0.497 e. The van der Waals surface area contributed by atoms with E-state index in [0.717, 1.165) is 22.8 Å². The zero-order valence-corrected chi connectivity index (χ0v) is 17.2. The number of ether oxygens (including phenoxy) is 2. The van der Waals surface area contributed by atoms with E-state index in [4.69, 9.17) is 9.47 Å². The van der Waals surface area contributed by atoms with Crippen molar-refractivity contribution in [3.63, 3.8) is 0 Å². The Bertz CT molecular complexity index is 984. The first-order valence-electron chi connectivity index (χ1n) is 9.01. The van der Waals surface area contributed by atoms with Gasteiger partial charge in [-0.3, -0.25) is 9.48 Å². The van der Waals surface area contributed by atoms with Gasteiger partial charge in [0, 0.05) is 43.7 Å². The van der Waals surface area contributed by atoms with Crippen molar-refractivity contribution >= 4 is 5.91 Å². The molecule has 0 N–H and O–H groups in total. The predicted octanol–water partition coefficient (Wildman–Crippen LogP) is 3.12. The van der Waals surface area contributed by atoms with Crippen LogP contribution in [-0.4, -0.2) is 46.4 Å². The lowest BCUT2D eigenvalue weighted by atomic mass is 10.1. The molecule has 148 valence electrons. The van der Waals surface area contributed by atoms with E-state index in [1.54, 1.807) is 37.0 Å². The summed E-state index contributed by atoms with van der Waals surface area (Å²) < 4.78 is 14.5. The van der Waals surface area contributed by atoms with Crippen LogP contribution in [0.4, 0.5) is 0 Å². The summed E-state index contributed by atoms with van der Waals surface area (Å²) in [6, 6.07) is 9.64. The van der Waals surface area contributed by atoms with Gasteiger partial charge in [-0.1, -0.05) is 0 Å². The number of benzene rings is 1. The molecule has 0 fully saturated rings. The molecule has 0 saturated carbocycles. The van der Waals surface area contributed by atoms with Crippen LogP contribution in [0.2, 0.25) is 0 Å². The standard InChI is InChI=1S/C21H26N4O3/c1-14-7-8-15(2)25(14)20-18(12-22-24(20)4)21(26)23(3)13-16-9-10-17(27-5)11-19(16)28-6/h7-12H,13H2,1-6H3. The summed E-state index contributed by atoms with van der Waals surface area (Å²) in [7, 11) is 6.84. The monoisotopic (exact) mass is 382 g/mol. The van der Waals surface area contributed by atoms with Crippen molar-refractivity contribution in [2.45, 2.75) is 20.4 Å². The van der Waals surface area contributed by atoms with E-state index < -0.39 is 0 Å². The summed E-state index contributed by atoms with van der Waals surface area (Å²) in [5, 5.41) is 4.33. The number of amides is 1. The molecule has 1 aromatic carbocycles. The second-order valence-corrected chi connectivity index (χ2v) is 6.80. The molecule has 0 bridgehead atoms. The van der Waals surface area contributed by atoms with Gasteiger partial charge in [-0.15, -0.1) is 0 Å². The predicted molar refractivity (Wildman–Crippen MR) is 107 cm³/mol. The Hall–Kier alpha value is -3.22. The van der Waals surface area contributed by atoms with Crippen LogP contribution in [0.15, 0.2) is 36.5 Å². The van der Waals surface area contributed by atoms with Crippen molar-refractivity contribution in [3.8, 4) is 17.3 Å². The fourth-order valence-electron chi connectivity index (χ4n) is 3.37. The van der Waals surface area contributed by atoms with Crippen LogP contribution >= 0.6 is 0 Å². The quantitative estimate of drug-likeness (QED) is 0.657. The highest BCUT2D eigenvalue weighted by molar-refractivity contribution is 5.97. The first kappa shape index (κ1) is 19.5. The summed E-state index contributed by atoms with van der Waals surface area (Å²) in [4.78, 5) is 14.9. The third-order valence-electron chi connectivity index (χ3n) is 4.87. The number of aromatic nitrogens is 3. The number of nitrogens with zero attached hydrogens (tertiary/aromatic N) is 4. The van der Waals surface area contributed by atoms with Gasteiger partial charge in [-0.2, -0.15) is 5.10 Å². The van der Waals surface area contributed by atoms with Crippen LogP contribution in [0.5, 0.6) is 11.5 Å². The first-order chi connectivity index (χ1) is 13.4. The lowest BCUT2D eigenvalue weighted by Crippen LogP contribution is -2.27. The molecule has 7 heteroatoms. The van der Waals surface area contributed by atoms with Gasteiger partial charge in [0.2, 0.25) is 0 Å². The molecular formula is C21H26N4O3. The molecule has 3 aromatic rings. The third-order valence-corrected chi connectivity index (χ3v) is 4.87. The molecule has 0 aliphatic heterocycles. The number of rotatable bonds is 6. The molecule has 1 amide bonds. The van der Waals surface area contributed by atoms with Crippen LogP contribution in [0.3, 0.4) is 0 Å². The van der Waals surface area contributed by atoms with Crippen molar-refractivity contribution in [1.29, 1.82) is 0 Å². The molecule has 28 heavy (non-hydrogen) atoms. The molecule has 2 heterocycles. The van der Waals surface area contributed by atoms with E-state index in [2.05, 4.69) is 5.10 Å². The number of hydrogen-bond donors (Lipinski definition) is 0. The van der Waals surface area contributed by atoms with E-state index in [-0.39, 0.29) is 5.91 Å². The maximum atomic E-state index is 13.2. The summed E-state index contributed by atoms with van der Waals surface area (Å²) >= 11 is 0. The first-order valence-corrected chi connectivity index (χ1v) is 9.01. The molecule has 0 aliphatic rings. The van der Waals surface area contributed by atoms with Gasteiger partial charge >= 0.3 is 0 Å². The minimum Gasteiger partial charge on any atom is -0.497 e. The second-order valence-electron chi connectivity index (χ2n) is 6.80. The third kappa shape index (κ3) is 3.47. The topological polar surface area (TPSA) is 61.5 Å². The van der Waals surface area contributed by atoms with Crippen molar-refractivity contribution in [3.05, 3.63) is 59.0 Å². The van der Waals surface area contributed by atoms with Crippen molar-refractivity contribution in [1.82, 2.24) is 19.2 Å². The van der Waals surface area contributed by atoms with E-state index >= 15 is 0 Å². The van der Waals surface area contributed by atoms with E-state index in [1.807, 2.05) is 55.8 Å². The lowest BCUT2D eigenvalue weighted by Gasteiger charge is -2.20. The summed E-state index contributed by atoms with van der Waals surface area (Å²) in [5.41, 5.74) is 3.56. The molecule has 2 aromatic heterocycles. The maximum absolute atomic E-state index is 13.2. The van der Waals surface area contributed by atoms with Crippen LogP contribution in [-0.2, 0) is 13.6 Å². The van der Waals surface area contributed by atoms with Gasteiger partial charge < -0.3 is 18.9 Å². The Morgan fingerprint density at radius 2 is 1.79 bits per heavy atom. The molecule has 0 unspecified atom stereocenters. The van der Waals surface area contributed by atoms with E-state index in [1.165, 1.54) is 0 Å². The number of hydrogen-bond acceptors (Lipinski definition) is 4. The Kier molecular flexibility index (Phi) is 5.44. The minimum atomic E-state index is -0.103. The average molecular weight is 382 g/mol. The Morgan fingerprint density at radius 3 is 2.39 bits per heavy atom. The van der Waals surface area contributed by atoms with Crippen LogP contribution < -0.4 is 9.47 Å². The Morgan fingerprint density at radius 1 is 1.11 bits per heavy atom. The lowest BCUT2D eigenvalue weighted by molar-refractivity contribution is 0.0784. The highest BCUT2D eigenvalue weighted by Gasteiger charge is 2.23. The second kappa shape index (κ2) is 7.80. The Balaban J connectivity index is 1.92. The van der Waals surface area contributed by atoms with Gasteiger partial charge in [0.25, 0.3) is 5.91 Å². The van der Waals surface area contributed by atoms with Crippen molar-refractivity contribution in [2.75, 3.05) is 21.3 Å². The summed E-state index contributed by atoms with van der Waals surface area (Å²) in [6.45, 7) is 4.43. The maximum Gasteiger partial charge on any atom is 0.259 e.